The standard InChI is InChI=1S/C27H48O/c1-8-12-20-26(11-4,19-10-3)27(23(5)6,21-13-9-2)25(22-28-7)24-17-15-14-16-18-24/h14-18,23,25H,8-13,19-22H2,1-7H3. The lowest BCUT2D eigenvalue weighted by Crippen LogP contribution is -2.51. The van der Waals surface area contributed by atoms with E-state index in [1.165, 1.54) is 63.4 Å². The molecule has 0 aliphatic rings. The Kier molecular flexibility index (Phi) is 11.4. The molecule has 0 heterocycles. The first-order valence-electron chi connectivity index (χ1n) is 12.0. The first kappa shape index (κ1) is 25.2. The molecule has 0 saturated heterocycles. The van der Waals surface area contributed by atoms with Gasteiger partial charge in [-0.1, -0.05) is 104 Å². The van der Waals surface area contributed by atoms with Gasteiger partial charge in [-0.2, -0.15) is 0 Å². The quantitative estimate of drug-likeness (QED) is 0.292. The first-order chi connectivity index (χ1) is 13.5. The molecule has 1 aromatic rings. The lowest BCUT2D eigenvalue weighted by molar-refractivity contribution is -0.0819. The predicted molar refractivity (Wildman–Crippen MR) is 125 cm³/mol. The van der Waals surface area contributed by atoms with Gasteiger partial charge in [-0.15, -0.1) is 0 Å². The molecule has 162 valence electrons. The summed E-state index contributed by atoms with van der Waals surface area (Å²) in [4.78, 5) is 0. The largest absolute Gasteiger partial charge is 0.384 e. The molecule has 1 aromatic carbocycles. The minimum Gasteiger partial charge on any atom is -0.384 e. The van der Waals surface area contributed by atoms with E-state index in [0.29, 0.717) is 17.3 Å². The van der Waals surface area contributed by atoms with Crippen LogP contribution < -0.4 is 0 Å². The average Bonchev–Trinajstić information content (AvgIpc) is 2.71. The second-order valence-corrected chi connectivity index (χ2v) is 9.20. The van der Waals surface area contributed by atoms with Gasteiger partial charge in [0.1, 0.15) is 0 Å². The molecule has 0 N–H and O–H groups in total. The van der Waals surface area contributed by atoms with Gasteiger partial charge in [-0.3, -0.25) is 0 Å². The van der Waals surface area contributed by atoms with Gasteiger partial charge in [-0.25, -0.2) is 0 Å². The number of rotatable bonds is 15. The third-order valence-electron chi connectivity index (χ3n) is 7.53. The van der Waals surface area contributed by atoms with Crippen LogP contribution in [-0.2, 0) is 4.74 Å². The smallest absolute Gasteiger partial charge is 0.0536 e. The van der Waals surface area contributed by atoms with E-state index in [-0.39, 0.29) is 5.41 Å². The van der Waals surface area contributed by atoms with E-state index in [0.717, 1.165) is 6.61 Å². The average molecular weight is 389 g/mol. The second-order valence-electron chi connectivity index (χ2n) is 9.20. The van der Waals surface area contributed by atoms with Gasteiger partial charge >= 0.3 is 0 Å². The molecule has 0 radical (unpaired) electrons. The van der Waals surface area contributed by atoms with Crippen LogP contribution in [0.2, 0.25) is 0 Å². The van der Waals surface area contributed by atoms with Crippen LogP contribution in [0.4, 0.5) is 0 Å². The Hall–Kier alpha value is -0.820. The minimum absolute atomic E-state index is 0.264. The summed E-state index contributed by atoms with van der Waals surface area (Å²) in [6.07, 6.45) is 11.7. The summed E-state index contributed by atoms with van der Waals surface area (Å²) >= 11 is 0. The van der Waals surface area contributed by atoms with Crippen molar-refractivity contribution >= 4 is 0 Å². The first-order valence-corrected chi connectivity index (χ1v) is 12.0. The number of methoxy groups -OCH3 is 1. The molecule has 0 amide bonds. The van der Waals surface area contributed by atoms with Gasteiger partial charge in [0.25, 0.3) is 0 Å². The van der Waals surface area contributed by atoms with Crippen LogP contribution in [0.5, 0.6) is 0 Å². The Morgan fingerprint density at radius 1 is 0.821 bits per heavy atom. The van der Waals surface area contributed by atoms with E-state index in [2.05, 4.69) is 71.9 Å². The molecule has 0 spiro atoms. The Balaban J connectivity index is 3.71. The highest BCUT2D eigenvalue weighted by molar-refractivity contribution is 5.25. The summed E-state index contributed by atoms with van der Waals surface area (Å²) in [5.41, 5.74) is 2.11. The van der Waals surface area contributed by atoms with Gasteiger partial charge in [0.2, 0.25) is 0 Å². The van der Waals surface area contributed by atoms with E-state index in [4.69, 9.17) is 4.74 Å². The maximum atomic E-state index is 5.92. The normalized spacial score (nSPS) is 17.3. The summed E-state index contributed by atoms with van der Waals surface area (Å²) < 4.78 is 5.92. The molecule has 1 heteroatoms. The fourth-order valence-electron chi connectivity index (χ4n) is 6.24. The summed E-state index contributed by atoms with van der Waals surface area (Å²) in [5, 5.41) is 0. The molecule has 3 unspecified atom stereocenters. The van der Waals surface area contributed by atoms with Gasteiger partial charge in [0.05, 0.1) is 6.61 Å². The van der Waals surface area contributed by atoms with Crippen molar-refractivity contribution < 1.29 is 4.74 Å². The van der Waals surface area contributed by atoms with Crippen LogP contribution >= 0.6 is 0 Å². The second kappa shape index (κ2) is 12.7. The topological polar surface area (TPSA) is 9.23 Å². The lowest BCUT2D eigenvalue weighted by Gasteiger charge is -2.58. The zero-order chi connectivity index (χ0) is 21.0. The fraction of sp³-hybridized carbons (Fsp3) is 0.778. The van der Waals surface area contributed by atoms with E-state index < -0.39 is 0 Å². The summed E-state index contributed by atoms with van der Waals surface area (Å²) in [5.74, 6) is 1.08. The molecular weight excluding hydrogens is 340 g/mol. The number of hydrogen-bond acceptors (Lipinski definition) is 1. The van der Waals surface area contributed by atoms with Gasteiger partial charge in [-0.05, 0) is 48.0 Å². The molecule has 3 atom stereocenters. The molecule has 0 aliphatic carbocycles. The molecule has 0 aliphatic heterocycles. The van der Waals surface area contributed by atoms with Crippen LogP contribution in [0, 0.1) is 16.7 Å². The summed E-state index contributed by atoms with van der Waals surface area (Å²) in [7, 11) is 1.89. The highest BCUT2D eigenvalue weighted by Gasteiger charge is 2.54. The number of ether oxygens (including phenoxy) is 1. The van der Waals surface area contributed by atoms with E-state index >= 15 is 0 Å². The number of benzene rings is 1. The summed E-state index contributed by atoms with van der Waals surface area (Å²) in [6.45, 7) is 15.3. The molecule has 0 bridgehead atoms. The van der Waals surface area contributed by atoms with Crippen molar-refractivity contribution in [1.29, 1.82) is 0 Å². The Morgan fingerprint density at radius 3 is 1.89 bits per heavy atom. The monoisotopic (exact) mass is 388 g/mol. The van der Waals surface area contributed by atoms with Gasteiger partial charge in [0.15, 0.2) is 0 Å². The van der Waals surface area contributed by atoms with Gasteiger partial charge in [0, 0.05) is 13.0 Å². The molecule has 0 aromatic heterocycles. The third kappa shape index (κ3) is 5.41. The Morgan fingerprint density at radius 2 is 1.43 bits per heavy atom. The molecular formula is C27H48O. The Labute approximate surface area is 176 Å². The van der Waals surface area contributed by atoms with Crippen LogP contribution in [0.3, 0.4) is 0 Å². The van der Waals surface area contributed by atoms with Crippen molar-refractivity contribution in [3.63, 3.8) is 0 Å². The van der Waals surface area contributed by atoms with Crippen molar-refractivity contribution in [3.8, 4) is 0 Å². The SMILES string of the molecule is CCCCC(CC)(CCC)C(CCCC)(C(C)C)C(COC)c1ccccc1. The van der Waals surface area contributed by atoms with Crippen molar-refractivity contribution in [3.05, 3.63) is 35.9 Å². The van der Waals surface area contributed by atoms with Crippen LogP contribution in [-0.4, -0.2) is 13.7 Å². The molecule has 0 fully saturated rings. The van der Waals surface area contributed by atoms with Crippen molar-refractivity contribution in [2.45, 2.75) is 105 Å². The van der Waals surface area contributed by atoms with Crippen molar-refractivity contribution in [2.24, 2.45) is 16.7 Å². The van der Waals surface area contributed by atoms with Crippen LogP contribution in [0.25, 0.3) is 0 Å². The van der Waals surface area contributed by atoms with Crippen LogP contribution in [0.1, 0.15) is 111 Å². The highest BCUT2D eigenvalue weighted by atomic mass is 16.5. The number of hydrogen-bond donors (Lipinski definition) is 0. The minimum atomic E-state index is 0.264. The third-order valence-corrected chi connectivity index (χ3v) is 7.53. The predicted octanol–water partition coefficient (Wildman–Crippen LogP) is 8.64. The molecule has 1 rings (SSSR count). The zero-order valence-corrected chi connectivity index (χ0v) is 20.0. The molecule has 28 heavy (non-hydrogen) atoms. The maximum Gasteiger partial charge on any atom is 0.0536 e. The van der Waals surface area contributed by atoms with Crippen LogP contribution in [0.15, 0.2) is 30.3 Å². The number of unbranched alkanes of at least 4 members (excludes halogenated alkanes) is 2. The van der Waals surface area contributed by atoms with Gasteiger partial charge < -0.3 is 4.74 Å². The fourth-order valence-corrected chi connectivity index (χ4v) is 6.24. The molecule has 1 nitrogen and oxygen atoms in total. The Bertz CT molecular complexity index is 508. The summed E-state index contributed by atoms with van der Waals surface area (Å²) in [6, 6.07) is 11.3. The zero-order valence-electron chi connectivity index (χ0n) is 20.0. The van der Waals surface area contributed by atoms with Crippen molar-refractivity contribution in [2.75, 3.05) is 13.7 Å². The lowest BCUT2D eigenvalue weighted by atomic mass is 9.46. The van der Waals surface area contributed by atoms with E-state index in [9.17, 15) is 0 Å². The van der Waals surface area contributed by atoms with E-state index in [1.807, 2.05) is 7.11 Å². The highest BCUT2D eigenvalue weighted by Crippen LogP contribution is 2.63. The van der Waals surface area contributed by atoms with E-state index in [1.54, 1.807) is 0 Å². The maximum absolute atomic E-state index is 5.92. The molecule has 0 saturated carbocycles. The van der Waals surface area contributed by atoms with Crippen molar-refractivity contribution in [1.82, 2.24) is 0 Å².